The van der Waals surface area contributed by atoms with Gasteiger partial charge in [0.25, 0.3) is 0 Å². The number of carbonyl (C=O) groups excluding carboxylic acids is 1. The minimum Gasteiger partial charge on any atom is -0.339 e. The number of piperidine rings is 1. The third kappa shape index (κ3) is 7.17. The molecule has 1 saturated heterocycles. The molecule has 0 spiro atoms. The summed E-state index contributed by atoms with van der Waals surface area (Å²) in [5.74, 6) is -0.109. The van der Waals surface area contributed by atoms with E-state index < -0.39 is 16.1 Å². The van der Waals surface area contributed by atoms with Crippen molar-refractivity contribution in [3.63, 3.8) is 0 Å². The molecule has 1 aliphatic rings. The normalized spacial score (nSPS) is 17.5. The predicted molar refractivity (Wildman–Crippen MR) is 120 cm³/mol. The topological polar surface area (TPSA) is 111 Å². The van der Waals surface area contributed by atoms with Crippen LogP contribution in [0.4, 0.5) is 0 Å². The maximum absolute atomic E-state index is 12.4. The van der Waals surface area contributed by atoms with E-state index in [1.165, 1.54) is 0 Å². The summed E-state index contributed by atoms with van der Waals surface area (Å²) >= 11 is 0. The lowest BCUT2D eigenvalue weighted by Crippen LogP contribution is -2.49. The van der Waals surface area contributed by atoms with E-state index in [9.17, 15) is 18.5 Å². The van der Waals surface area contributed by atoms with Crippen molar-refractivity contribution in [1.82, 2.24) is 15.4 Å². The number of nitrogens with zero attached hydrogens (tertiary/aromatic N) is 1. The SMILES string of the molecule is CS(=O)(=O)NCc1cccc(-c2ccc(C[C@@H](C#N)NC(=O)[C@@H]3CCCCN3)cc2)c1. The quantitative estimate of drug-likeness (QED) is 0.582. The van der Waals surface area contributed by atoms with Crippen LogP contribution in [0.2, 0.25) is 0 Å². The van der Waals surface area contributed by atoms with Crippen molar-refractivity contribution in [2.45, 2.75) is 44.3 Å². The van der Waals surface area contributed by atoms with Crippen LogP contribution < -0.4 is 15.4 Å². The molecule has 1 aliphatic heterocycles. The number of hydrogen-bond acceptors (Lipinski definition) is 5. The van der Waals surface area contributed by atoms with E-state index in [4.69, 9.17) is 0 Å². The van der Waals surface area contributed by atoms with Gasteiger partial charge in [0, 0.05) is 13.0 Å². The molecule has 0 bridgehead atoms. The average molecular weight is 441 g/mol. The molecular formula is C23H28N4O3S. The van der Waals surface area contributed by atoms with Crippen LogP contribution in [0.3, 0.4) is 0 Å². The van der Waals surface area contributed by atoms with Crippen LogP contribution >= 0.6 is 0 Å². The Morgan fingerprint density at radius 2 is 1.94 bits per heavy atom. The van der Waals surface area contributed by atoms with Crippen molar-refractivity contribution in [2.24, 2.45) is 0 Å². The Labute approximate surface area is 183 Å². The molecule has 3 rings (SSSR count). The van der Waals surface area contributed by atoms with Crippen LogP contribution in [0, 0.1) is 11.3 Å². The molecule has 31 heavy (non-hydrogen) atoms. The fraction of sp³-hybridized carbons (Fsp3) is 0.391. The molecule has 2 aromatic rings. The standard InChI is InChI=1S/C23H28N4O3S/c1-31(29,30)26-16-18-5-4-6-20(13-18)19-10-8-17(9-11-19)14-21(15-24)27-23(28)22-7-2-3-12-25-22/h4-6,8-11,13,21-22,25-26H,2-3,7,12,14,16H2,1H3,(H,27,28)/t21-,22-/m0/s1. The van der Waals surface area contributed by atoms with E-state index in [1.807, 2.05) is 48.5 Å². The third-order valence-electron chi connectivity index (χ3n) is 5.29. The predicted octanol–water partition coefficient (Wildman–Crippen LogP) is 2.10. The number of rotatable bonds is 8. The number of carbonyl (C=O) groups is 1. The van der Waals surface area contributed by atoms with Crippen molar-refractivity contribution in [3.8, 4) is 17.2 Å². The first-order chi connectivity index (χ1) is 14.8. The number of hydrogen-bond donors (Lipinski definition) is 3. The average Bonchev–Trinajstić information content (AvgIpc) is 2.78. The van der Waals surface area contributed by atoms with E-state index in [2.05, 4.69) is 21.4 Å². The number of amides is 1. The number of benzene rings is 2. The number of nitrogens with one attached hydrogen (secondary N) is 3. The second kappa shape index (κ2) is 10.5. The molecule has 1 heterocycles. The van der Waals surface area contributed by atoms with Gasteiger partial charge in [-0.3, -0.25) is 4.79 Å². The molecule has 164 valence electrons. The zero-order valence-electron chi connectivity index (χ0n) is 17.6. The second-order valence-corrected chi connectivity index (χ2v) is 9.72. The first-order valence-electron chi connectivity index (χ1n) is 10.4. The Morgan fingerprint density at radius 3 is 2.58 bits per heavy atom. The van der Waals surface area contributed by atoms with Gasteiger partial charge < -0.3 is 10.6 Å². The first-order valence-corrected chi connectivity index (χ1v) is 12.3. The molecule has 0 unspecified atom stereocenters. The molecule has 3 N–H and O–H groups in total. The highest BCUT2D eigenvalue weighted by Crippen LogP contribution is 2.21. The highest BCUT2D eigenvalue weighted by Gasteiger charge is 2.23. The van der Waals surface area contributed by atoms with Gasteiger partial charge in [-0.2, -0.15) is 5.26 Å². The van der Waals surface area contributed by atoms with Crippen LogP contribution in [-0.4, -0.2) is 39.2 Å². The molecule has 0 radical (unpaired) electrons. The summed E-state index contributed by atoms with van der Waals surface area (Å²) in [7, 11) is -3.25. The summed E-state index contributed by atoms with van der Waals surface area (Å²) in [6.07, 6.45) is 4.48. The van der Waals surface area contributed by atoms with Gasteiger partial charge in [0.05, 0.1) is 18.4 Å². The van der Waals surface area contributed by atoms with E-state index in [0.29, 0.717) is 6.42 Å². The van der Waals surface area contributed by atoms with E-state index in [-0.39, 0.29) is 18.5 Å². The molecule has 0 aliphatic carbocycles. The third-order valence-corrected chi connectivity index (χ3v) is 5.96. The number of sulfonamides is 1. The maximum Gasteiger partial charge on any atom is 0.238 e. The Hall–Kier alpha value is -2.73. The Morgan fingerprint density at radius 1 is 1.16 bits per heavy atom. The lowest BCUT2D eigenvalue weighted by atomic mass is 9.99. The molecule has 7 nitrogen and oxygen atoms in total. The van der Waals surface area contributed by atoms with Crippen LogP contribution in [-0.2, 0) is 27.8 Å². The van der Waals surface area contributed by atoms with Crippen LogP contribution in [0.1, 0.15) is 30.4 Å². The largest absolute Gasteiger partial charge is 0.339 e. The minimum atomic E-state index is -3.25. The zero-order valence-corrected chi connectivity index (χ0v) is 18.4. The minimum absolute atomic E-state index is 0.109. The smallest absolute Gasteiger partial charge is 0.238 e. The Kier molecular flexibility index (Phi) is 7.80. The van der Waals surface area contributed by atoms with E-state index in [1.54, 1.807) is 0 Å². The van der Waals surface area contributed by atoms with Gasteiger partial charge in [-0.05, 0) is 47.7 Å². The van der Waals surface area contributed by atoms with Crippen molar-refractivity contribution in [3.05, 3.63) is 59.7 Å². The summed E-state index contributed by atoms with van der Waals surface area (Å²) in [5, 5.41) is 15.5. The lowest BCUT2D eigenvalue weighted by Gasteiger charge is -2.23. The van der Waals surface area contributed by atoms with Gasteiger partial charge in [0.2, 0.25) is 15.9 Å². The Bertz CT molecular complexity index is 1040. The molecule has 1 amide bonds. The monoisotopic (exact) mass is 440 g/mol. The van der Waals surface area contributed by atoms with Gasteiger partial charge in [0.15, 0.2) is 0 Å². The van der Waals surface area contributed by atoms with Crippen molar-refractivity contribution < 1.29 is 13.2 Å². The fourth-order valence-corrected chi connectivity index (χ4v) is 4.05. The van der Waals surface area contributed by atoms with Crippen molar-refractivity contribution in [2.75, 3.05) is 12.8 Å². The fourth-order valence-electron chi connectivity index (χ4n) is 3.62. The van der Waals surface area contributed by atoms with Gasteiger partial charge in [-0.1, -0.05) is 48.9 Å². The van der Waals surface area contributed by atoms with E-state index >= 15 is 0 Å². The van der Waals surface area contributed by atoms with Crippen LogP contribution in [0.25, 0.3) is 11.1 Å². The number of nitriles is 1. The van der Waals surface area contributed by atoms with E-state index in [0.717, 1.165) is 54.3 Å². The zero-order chi connectivity index (χ0) is 22.3. The lowest BCUT2D eigenvalue weighted by molar-refractivity contribution is -0.124. The highest BCUT2D eigenvalue weighted by molar-refractivity contribution is 7.88. The molecule has 2 atom stereocenters. The van der Waals surface area contributed by atoms with Gasteiger partial charge in [-0.25, -0.2) is 13.1 Å². The first kappa shape index (κ1) is 22.9. The summed E-state index contributed by atoms with van der Waals surface area (Å²) in [5.41, 5.74) is 3.81. The summed E-state index contributed by atoms with van der Waals surface area (Å²) in [4.78, 5) is 12.4. The molecule has 8 heteroatoms. The van der Waals surface area contributed by atoms with Crippen molar-refractivity contribution in [1.29, 1.82) is 5.26 Å². The van der Waals surface area contributed by atoms with Crippen LogP contribution in [0.15, 0.2) is 48.5 Å². The van der Waals surface area contributed by atoms with Gasteiger partial charge in [0.1, 0.15) is 6.04 Å². The highest BCUT2D eigenvalue weighted by atomic mass is 32.2. The summed E-state index contributed by atoms with van der Waals surface area (Å²) in [6, 6.07) is 16.9. The maximum atomic E-state index is 12.4. The second-order valence-electron chi connectivity index (χ2n) is 7.89. The molecular weight excluding hydrogens is 412 g/mol. The Balaban J connectivity index is 1.61. The van der Waals surface area contributed by atoms with Crippen molar-refractivity contribution >= 4 is 15.9 Å². The summed E-state index contributed by atoms with van der Waals surface area (Å²) < 4.78 is 25.1. The molecule has 0 aromatic heterocycles. The van der Waals surface area contributed by atoms with Gasteiger partial charge >= 0.3 is 0 Å². The molecule has 0 saturated carbocycles. The molecule has 2 aromatic carbocycles. The molecule has 1 fully saturated rings. The van der Waals surface area contributed by atoms with Crippen LogP contribution in [0.5, 0.6) is 0 Å². The summed E-state index contributed by atoms with van der Waals surface area (Å²) in [6.45, 7) is 1.08. The van der Waals surface area contributed by atoms with Gasteiger partial charge in [-0.15, -0.1) is 0 Å².